The zero-order valence-corrected chi connectivity index (χ0v) is 15.0. The summed E-state index contributed by atoms with van der Waals surface area (Å²) in [6.07, 6.45) is 2.10. The highest BCUT2D eigenvalue weighted by Gasteiger charge is 2.27. The number of benzene rings is 1. The van der Waals surface area contributed by atoms with E-state index < -0.39 is 0 Å². The molecule has 4 heteroatoms. The van der Waals surface area contributed by atoms with E-state index in [4.69, 9.17) is 5.84 Å². The molecular formula is C17H23BrN2S. The first-order valence-electron chi connectivity index (χ1n) is 7.41. The molecule has 0 saturated heterocycles. The van der Waals surface area contributed by atoms with Crippen molar-refractivity contribution in [2.24, 2.45) is 11.8 Å². The molecule has 2 nitrogen and oxygen atoms in total. The molecule has 1 aromatic heterocycles. The van der Waals surface area contributed by atoms with Gasteiger partial charge in [0.25, 0.3) is 0 Å². The third-order valence-electron chi connectivity index (χ3n) is 4.14. The zero-order valence-electron chi connectivity index (χ0n) is 12.6. The standard InChI is InChI=1S/C17H23BrN2S/c1-3-12(2)17(13-7-5-4-6-8-13)15(20-19)11-14-9-10-16(18)21-14/h4-10,12,15,17,20H,3,11,19H2,1-2H3. The largest absolute Gasteiger partial charge is 0.271 e. The van der Waals surface area contributed by atoms with Gasteiger partial charge in [-0.05, 0) is 46.0 Å². The van der Waals surface area contributed by atoms with Gasteiger partial charge in [0.15, 0.2) is 0 Å². The normalized spacial score (nSPS) is 15.6. The molecule has 3 unspecified atom stereocenters. The van der Waals surface area contributed by atoms with Crippen molar-refractivity contribution in [3.63, 3.8) is 0 Å². The summed E-state index contributed by atoms with van der Waals surface area (Å²) in [6, 6.07) is 15.2. The van der Waals surface area contributed by atoms with Gasteiger partial charge in [-0.25, -0.2) is 0 Å². The SMILES string of the molecule is CCC(C)C(c1ccccc1)C(Cc1ccc(Br)s1)NN. The number of thiophene rings is 1. The lowest BCUT2D eigenvalue weighted by molar-refractivity contribution is 0.336. The first-order chi connectivity index (χ1) is 10.2. The van der Waals surface area contributed by atoms with E-state index in [9.17, 15) is 0 Å². The quantitative estimate of drug-likeness (QED) is 0.549. The van der Waals surface area contributed by atoms with Gasteiger partial charge in [-0.15, -0.1) is 11.3 Å². The van der Waals surface area contributed by atoms with Crippen LogP contribution >= 0.6 is 27.3 Å². The van der Waals surface area contributed by atoms with Crippen LogP contribution in [-0.4, -0.2) is 6.04 Å². The topological polar surface area (TPSA) is 38.0 Å². The Labute approximate surface area is 139 Å². The van der Waals surface area contributed by atoms with Gasteiger partial charge in [0.05, 0.1) is 3.79 Å². The molecule has 0 aliphatic carbocycles. The molecule has 0 fully saturated rings. The number of nitrogens with one attached hydrogen (secondary N) is 1. The third kappa shape index (κ3) is 4.39. The smallest absolute Gasteiger partial charge is 0.0701 e. The minimum Gasteiger partial charge on any atom is -0.271 e. The van der Waals surface area contributed by atoms with Crippen molar-refractivity contribution in [3.8, 4) is 0 Å². The Morgan fingerprint density at radius 2 is 1.90 bits per heavy atom. The lowest BCUT2D eigenvalue weighted by atomic mass is 9.79. The van der Waals surface area contributed by atoms with E-state index in [2.05, 4.69) is 77.7 Å². The number of halogens is 1. The summed E-state index contributed by atoms with van der Waals surface area (Å²) in [7, 11) is 0. The first kappa shape index (κ1) is 16.7. The van der Waals surface area contributed by atoms with E-state index in [0.29, 0.717) is 11.8 Å². The van der Waals surface area contributed by atoms with E-state index in [1.54, 1.807) is 11.3 Å². The van der Waals surface area contributed by atoms with Crippen LogP contribution in [0.2, 0.25) is 0 Å². The highest BCUT2D eigenvalue weighted by Crippen LogP contribution is 2.33. The summed E-state index contributed by atoms with van der Waals surface area (Å²) >= 11 is 5.32. The van der Waals surface area contributed by atoms with Crippen LogP contribution in [0.15, 0.2) is 46.3 Å². The van der Waals surface area contributed by atoms with E-state index in [0.717, 1.165) is 12.8 Å². The molecule has 0 bridgehead atoms. The van der Waals surface area contributed by atoms with Crippen LogP contribution in [0.25, 0.3) is 0 Å². The van der Waals surface area contributed by atoms with E-state index in [1.807, 2.05) is 0 Å². The fourth-order valence-electron chi connectivity index (χ4n) is 2.85. The summed E-state index contributed by atoms with van der Waals surface area (Å²) in [5, 5.41) is 0. The Balaban J connectivity index is 2.24. The molecule has 2 aromatic rings. The molecule has 1 heterocycles. The molecule has 0 spiro atoms. The zero-order chi connectivity index (χ0) is 15.2. The van der Waals surface area contributed by atoms with Gasteiger partial charge in [0.2, 0.25) is 0 Å². The molecule has 114 valence electrons. The lowest BCUT2D eigenvalue weighted by Crippen LogP contribution is -2.43. The Hall–Kier alpha value is -0.680. The third-order valence-corrected chi connectivity index (χ3v) is 5.78. The molecule has 0 saturated carbocycles. The summed E-state index contributed by atoms with van der Waals surface area (Å²) in [6.45, 7) is 4.56. The van der Waals surface area contributed by atoms with E-state index in [1.165, 1.54) is 14.2 Å². The van der Waals surface area contributed by atoms with Gasteiger partial charge in [-0.1, -0.05) is 50.6 Å². The van der Waals surface area contributed by atoms with Crippen molar-refractivity contribution in [2.75, 3.05) is 0 Å². The molecular weight excluding hydrogens is 344 g/mol. The van der Waals surface area contributed by atoms with Crippen LogP contribution in [-0.2, 0) is 6.42 Å². The molecule has 0 aliphatic heterocycles. The number of hydrazine groups is 1. The maximum Gasteiger partial charge on any atom is 0.0701 e. The van der Waals surface area contributed by atoms with Gasteiger partial charge >= 0.3 is 0 Å². The number of nitrogens with two attached hydrogens (primary N) is 1. The van der Waals surface area contributed by atoms with Crippen LogP contribution in [0.3, 0.4) is 0 Å². The van der Waals surface area contributed by atoms with Crippen molar-refractivity contribution < 1.29 is 0 Å². The fourth-order valence-corrected chi connectivity index (χ4v) is 4.40. The predicted molar refractivity (Wildman–Crippen MR) is 95.5 cm³/mol. The predicted octanol–water partition coefficient (Wildman–Crippen LogP) is 4.71. The highest BCUT2D eigenvalue weighted by atomic mass is 79.9. The van der Waals surface area contributed by atoms with Crippen LogP contribution in [0.1, 0.15) is 36.6 Å². The van der Waals surface area contributed by atoms with E-state index in [-0.39, 0.29) is 6.04 Å². The molecule has 2 rings (SSSR count). The van der Waals surface area contributed by atoms with Crippen molar-refractivity contribution >= 4 is 27.3 Å². The Kier molecular flexibility index (Phi) is 6.42. The second-order valence-corrected chi connectivity index (χ2v) is 8.05. The molecule has 3 N–H and O–H groups in total. The maximum atomic E-state index is 5.90. The van der Waals surface area contributed by atoms with Crippen LogP contribution < -0.4 is 11.3 Å². The van der Waals surface area contributed by atoms with Crippen molar-refractivity contribution in [1.29, 1.82) is 0 Å². The second-order valence-electron chi connectivity index (χ2n) is 5.51. The van der Waals surface area contributed by atoms with Gasteiger partial charge in [-0.3, -0.25) is 11.3 Å². The minimum atomic E-state index is 0.243. The molecule has 0 radical (unpaired) electrons. The van der Waals surface area contributed by atoms with Gasteiger partial charge in [-0.2, -0.15) is 0 Å². The minimum absolute atomic E-state index is 0.243. The number of hydrogen-bond donors (Lipinski definition) is 2. The van der Waals surface area contributed by atoms with Crippen LogP contribution in [0.4, 0.5) is 0 Å². The fraction of sp³-hybridized carbons (Fsp3) is 0.412. The van der Waals surface area contributed by atoms with Crippen molar-refractivity contribution in [1.82, 2.24) is 5.43 Å². The van der Waals surface area contributed by atoms with Crippen LogP contribution in [0.5, 0.6) is 0 Å². The molecule has 21 heavy (non-hydrogen) atoms. The van der Waals surface area contributed by atoms with Gasteiger partial charge in [0.1, 0.15) is 0 Å². The highest BCUT2D eigenvalue weighted by molar-refractivity contribution is 9.11. The Bertz CT molecular complexity index is 541. The van der Waals surface area contributed by atoms with Gasteiger partial charge < -0.3 is 0 Å². The van der Waals surface area contributed by atoms with Gasteiger partial charge in [0, 0.05) is 16.8 Å². The summed E-state index contributed by atoms with van der Waals surface area (Å²) in [5.74, 6) is 6.90. The van der Waals surface area contributed by atoms with Crippen molar-refractivity contribution in [2.45, 2.75) is 38.6 Å². The average molecular weight is 367 g/mol. The maximum absolute atomic E-state index is 5.90. The van der Waals surface area contributed by atoms with Crippen molar-refractivity contribution in [3.05, 3.63) is 56.7 Å². The molecule has 3 atom stereocenters. The van der Waals surface area contributed by atoms with Crippen LogP contribution in [0, 0.1) is 5.92 Å². The lowest BCUT2D eigenvalue weighted by Gasteiger charge is -2.31. The molecule has 0 aliphatic rings. The monoisotopic (exact) mass is 366 g/mol. The number of rotatable bonds is 7. The Morgan fingerprint density at radius 1 is 1.19 bits per heavy atom. The first-order valence-corrected chi connectivity index (χ1v) is 9.02. The molecule has 1 aromatic carbocycles. The Morgan fingerprint density at radius 3 is 2.43 bits per heavy atom. The average Bonchev–Trinajstić information content (AvgIpc) is 2.92. The summed E-state index contributed by atoms with van der Waals surface area (Å²) in [4.78, 5) is 1.36. The molecule has 0 amide bonds. The second kappa shape index (κ2) is 8.08. The number of hydrogen-bond acceptors (Lipinski definition) is 3. The van der Waals surface area contributed by atoms with E-state index >= 15 is 0 Å². The summed E-state index contributed by atoms with van der Waals surface area (Å²) < 4.78 is 1.17. The summed E-state index contributed by atoms with van der Waals surface area (Å²) in [5.41, 5.74) is 4.43.